The fourth-order valence-corrected chi connectivity index (χ4v) is 7.12. The Morgan fingerprint density at radius 2 is 1.85 bits per heavy atom. The van der Waals surface area contributed by atoms with Gasteiger partial charge in [0.1, 0.15) is 4.83 Å². The number of carbonyl (C=O) groups excluding carboxylic acids is 1. The van der Waals surface area contributed by atoms with Crippen LogP contribution in [0.15, 0.2) is 34.2 Å². The van der Waals surface area contributed by atoms with Crippen molar-refractivity contribution < 1.29 is 4.79 Å². The molecule has 1 fully saturated rings. The predicted octanol–water partition coefficient (Wildman–Crippen LogP) is 4.01. The van der Waals surface area contributed by atoms with Crippen LogP contribution in [0.25, 0.3) is 10.2 Å². The summed E-state index contributed by atoms with van der Waals surface area (Å²) < 4.78 is 1.63. The lowest BCUT2D eigenvalue weighted by Gasteiger charge is -2.22. The van der Waals surface area contributed by atoms with Gasteiger partial charge >= 0.3 is 0 Å². The monoisotopic (exact) mass is 496 g/mol. The lowest BCUT2D eigenvalue weighted by atomic mass is 9.97. The number of benzene rings is 1. The predicted molar refractivity (Wildman–Crippen MR) is 140 cm³/mol. The minimum Gasteiger partial charge on any atom is -0.341 e. The SMILES string of the molecule is Cc1ccc(CN2CCCN(C(=O)CSc3nc4sc5c(c4c(=O)n3C)CCCC5)CC2)cc1. The van der Waals surface area contributed by atoms with Crippen LogP contribution in [0.5, 0.6) is 0 Å². The van der Waals surface area contributed by atoms with Crippen LogP contribution in [-0.2, 0) is 31.2 Å². The zero-order chi connectivity index (χ0) is 23.7. The Morgan fingerprint density at radius 1 is 1.06 bits per heavy atom. The van der Waals surface area contributed by atoms with Crippen molar-refractivity contribution >= 4 is 39.2 Å². The number of rotatable bonds is 5. The van der Waals surface area contributed by atoms with Crippen LogP contribution in [0.3, 0.4) is 0 Å². The molecule has 0 saturated carbocycles. The number of nitrogens with zero attached hydrogens (tertiary/aromatic N) is 4. The summed E-state index contributed by atoms with van der Waals surface area (Å²) in [5.41, 5.74) is 3.84. The summed E-state index contributed by atoms with van der Waals surface area (Å²) >= 11 is 3.05. The molecular formula is C26H32N4O2S2. The quantitative estimate of drug-likeness (QED) is 0.395. The minimum atomic E-state index is 0.0286. The standard InChI is InChI=1S/C26H32N4O2S2/c1-18-8-10-19(11-9-18)16-29-12-5-13-30(15-14-29)22(31)17-33-26-27-24-23(25(32)28(26)2)20-6-3-4-7-21(20)34-24/h8-11H,3-7,12-17H2,1-2H3. The zero-order valence-electron chi connectivity index (χ0n) is 20.0. The fourth-order valence-electron chi connectivity index (χ4n) is 4.94. The Balaban J connectivity index is 1.21. The van der Waals surface area contributed by atoms with Crippen molar-refractivity contribution in [3.63, 3.8) is 0 Å². The van der Waals surface area contributed by atoms with E-state index in [2.05, 4.69) is 36.1 Å². The van der Waals surface area contributed by atoms with Gasteiger partial charge in [0, 0.05) is 44.6 Å². The van der Waals surface area contributed by atoms with Gasteiger partial charge in [-0.05, 0) is 50.2 Å². The highest BCUT2D eigenvalue weighted by Gasteiger charge is 2.23. The normalized spacial score (nSPS) is 17.1. The molecule has 0 N–H and O–H groups in total. The van der Waals surface area contributed by atoms with E-state index >= 15 is 0 Å². The van der Waals surface area contributed by atoms with Crippen molar-refractivity contribution in [1.29, 1.82) is 0 Å². The molecule has 0 unspecified atom stereocenters. The summed E-state index contributed by atoms with van der Waals surface area (Å²) in [7, 11) is 1.78. The molecule has 3 aromatic rings. The molecule has 0 radical (unpaired) electrons. The van der Waals surface area contributed by atoms with E-state index in [0.29, 0.717) is 10.9 Å². The van der Waals surface area contributed by atoms with Gasteiger partial charge in [0.05, 0.1) is 11.1 Å². The van der Waals surface area contributed by atoms with E-state index in [0.717, 1.165) is 68.6 Å². The number of aromatic nitrogens is 2. The van der Waals surface area contributed by atoms with Gasteiger partial charge in [-0.2, -0.15) is 0 Å². The molecule has 1 aromatic carbocycles. The van der Waals surface area contributed by atoms with E-state index in [1.165, 1.54) is 39.8 Å². The summed E-state index contributed by atoms with van der Waals surface area (Å²) in [5, 5.41) is 1.44. The van der Waals surface area contributed by atoms with Crippen molar-refractivity contribution in [2.45, 2.75) is 50.7 Å². The maximum atomic E-state index is 13.1. The first-order valence-corrected chi connectivity index (χ1v) is 14.0. The van der Waals surface area contributed by atoms with Crippen molar-refractivity contribution in [2.75, 3.05) is 31.9 Å². The van der Waals surface area contributed by atoms with Gasteiger partial charge in [-0.15, -0.1) is 11.3 Å². The first-order chi connectivity index (χ1) is 16.5. The van der Waals surface area contributed by atoms with Crippen LogP contribution in [0, 0.1) is 6.92 Å². The Bertz CT molecular complexity index is 1250. The number of fused-ring (bicyclic) bond motifs is 3. The number of carbonyl (C=O) groups is 1. The molecule has 8 heteroatoms. The Morgan fingerprint density at radius 3 is 2.68 bits per heavy atom. The number of thiophene rings is 1. The van der Waals surface area contributed by atoms with E-state index in [1.54, 1.807) is 23.0 Å². The van der Waals surface area contributed by atoms with Crippen LogP contribution < -0.4 is 5.56 Å². The lowest BCUT2D eigenvalue weighted by molar-refractivity contribution is -0.128. The zero-order valence-corrected chi connectivity index (χ0v) is 21.6. The molecule has 0 bridgehead atoms. The fraction of sp³-hybridized carbons (Fsp3) is 0.500. The number of hydrogen-bond donors (Lipinski definition) is 0. The van der Waals surface area contributed by atoms with Gasteiger partial charge in [0.25, 0.3) is 5.56 Å². The molecule has 0 spiro atoms. The van der Waals surface area contributed by atoms with E-state index in [9.17, 15) is 9.59 Å². The highest BCUT2D eigenvalue weighted by Crippen LogP contribution is 2.34. The highest BCUT2D eigenvalue weighted by molar-refractivity contribution is 7.99. The molecule has 6 nitrogen and oxygen atoms in total. The molecule has 2 aromatic heterocycles. The van der Waals surface area contributed by atoms with E-state index in [-0.39, 0.29) is 11.5 Å². The average Bonchev–Trinajstić information content (AvgIpc) is 3.05. The van der Waals surface area contributed by atoms with Crippen LogP contribution >= 0.6 is 23.1 Å². The van der Waals surface area contributed by atoms with Gasteiger partial charge in [-0.1, -0.05) is 41.6 Å². The Labute approximate surface area is 209 Å². The number of hydrogen-bond acceptors (Lipinski definition) is 6. The van der Waals surface area contributed by atoms with Gasteiger partial charge in [-0.3, -0.25) is 19.1 Å². The number of aryl methyl sites for hydroxylation is 3. The number of thioether (sulfide) groups is 1. The minimum absolute atomic E-state index is 0.0286. The van der Waals surface area contributed by atoms with Gasteiger partial charge in [0.15, 0.2) is 5.16 Å². The molecule has 5 rings (SSSR count). The molecule has 0 atom stereocenters. The van der Waals surface area contributed by atoms with Gasteiger partial charge in [0.2, 0.25) is 5.91 Å². The first-order valence-electron chi connectivity index (χ1n) is 12.2. The average molecular weight is 497 g/mol. The molecular weight excluding hydrogens is 464 g/mol. The van der Waals surface area contributed by atoms with E-state index in [1.807, 2.05) is 4.90 Å². The highest BCUT2D eigenvalue weighted by atomic mass is 32.2. The third-order valence-corrected chi connectivity index (χ3v) is 9.15. The molecule has 1 aliphatic carbocycles. The van der Waals surface area contributed by atoms with Gasteiger partial charge in [-0.25, -0.2) is 4.98 Å². The molecule has 1 saturated heterocycles. The topological polar surface area (TPSA) is 58.4 Å². The van der Waals surface area contributed by atoms with E-state index < -0.39 is 0 Å². The van der Waals surface area contributed by atoms with Crippen LogP contribution in [0.1, 0.15) is 40.8 Å². The van der Waals surface area contributed by atoms with Crippen molar-refractivity contribution in [2.24, 2.45) is 7.05 Å². The molecule has 3 heterocycles. The Kier molecular flexibility index (Phi) is 7.09. The smallest absolute Gasteiger partial charge is 0.262 e. The molecule has 34 heavy (non-hydrogen) atoms. The summed E-state index contributed by atoms with van der Waals surface area (Å²) in [4.78, 5) is 37.5. The molecule has 180 valence electrons. The van der Waals surface area contributed by atoms with Crippen LogP contribution in [0.2, 0.25) is 0 Å². The maximum absolute atomic E-state index is 13.1. The van der Waals surface area contributed by atoms with Crippen molar-refractivity contribution in [3.8, 4) is 0 Å². The first kappa shape index (κ1) is 23.6. The Hall–Kier alpha value is -2.16. The molecule has 2 aliphatic rings. The van der Waals surface area contributed by atoms with Crippen LogP contribution in [-0.4, -0.2) is 57.2 Å². The molecule has 1 amide bonds. The molecule has 1 aliphatic heterocycles. The second-order valence-electron chi connectivity index (χ2n) is 9.43. The number of amides is 1. The summed E-state index contributed by atoms with van der Waals surface area (Å²) in [6.45, 7) is 6.44. The lowest BCUT2D eigenvalue weighted by Crippen LogP contribution is -2.36. The van der Waals surface area contributed by atoms with Crippen molar-refractivity contribution in [3.05, 3.63) is 56.2 Å². The van der Waals surface area contributed by atoms with Gasteiger partial charge < -0.3 is 4.90 Å². The summed E-state index contributed by atoms with van der Waals surface area (Å²) in [5.74, 6) is 0.441. The second kappa shape index (κ2) is 10.2. The van der Waals surface area contributed by atoms with Crippen LogP contribution in [0.4, 0.5) is 0 Å². The third kappa shape index (κ3) is 4.95. The maximum Gasteiger partial charge on any atom is 0.262 e. The third-order valence-electron chi connectivity index (χ3n) is 6.95. The largest absolute Gasteiger partial charge is 0.341 e. The van der Waals surface area contributed by atoms with E-state index in [4.69, 9.17) is 4.98 Å². The summed E-state index contributed by atoms with van der Waals surface area (Å²) in [6, 6.07) is 8.70. The second-order valence-corrected chi connectivity index (χ2v) is 11.5. The van der Waals surface area contributed by atoms with Crippen molar-refractivity contribution in [1.82, 2.24) is 19.4 Å². The summed E-state index contributed by atoms with van der Waals surface area (Å²) in [6.07, 6.45) is 5.34.